The standard InChI is InChI=1S/C9H8BrN3O/c10-8-7(5-14)12-9(13-8)6-2-1-3-11-4-6/h1-4,14H,5H2,(H,12,13). The molecule has 0 atom stereocenters. The minimum absolute atomic E-state index is 0.0617. The molecule has 2 aromatic rings. The maximum absolute atomic E-state index is 8.96. The Kier molecular flexibility index (Phi) is 2.60. The molecule has 0 amide bonds. The maximum Gasteiger partial charge on any atom is 0.140 e. The Morgan fingerprint density at radius 2 is 2.36 bits per heavy atom. The highest BCUT2D eigenvalue weighted by atomic mass is 79.9. The number of H-pyrrole nitrogens is 1. The Bertz CT molecular complexity index is 427. The second-order valence-corrected chi connectivity index (χ2v) is 3.51. The molecule has 2 heterocycles. The highest BCUT2D eigenvalue weighted by molar-refractivity contribution is 9.10. The van der Waals surface area contributed by atoms with Crippen molar-refractivity contribution < 1.29 is 5.11 Å². The molecular formula is C9H8BrN3O. The normalized spacial score (nSPS) is 10.4. The molecule has 0 spiro atoms. The van der Waals surface area contributed by atoms with Crippen LogP contribution in [0.1, 0.15) is 5.69 Å². The minimum atomic E-state index is -0.0617. The fourth-order valence-corrected chi connectivity index (χ4v) is 1.53. The zero-order chi connectivity index (χ0) is 9.97. The predicted octanol–water partition coefficient (Wildman–Crippen LogP) is 1.73. The summed E-state index contributed by atoms with van der Waals surface area (Å²) in [6.07, 6.45) is 3.42. The number of aromatic nitrogens is 3. The van der Waals surface area contributed by atoms with Gasteiger partial charge in [0.2, 0.25) is 0 Å². The molecule has 2 N–H and O–H groups in total. The molecule has 2 rings (SSSR count). The van der Waals surface area contributed by atoms with E-state index in [1.807, 2.05) is 12.1 Å². The molecule has 0 bridgehead atoms. The first kappa shape index (κ1) is 9.36. The van der Waals surface area contributed by atoms with E-state index in [4.69, 9.17) is 5.11 Å². The summed E-state index contributed by atoms with van der Waals surface area (Å²) >= 11 is 3.25. The number of aliphatic hydroxyl groups is 1. The number of nitrogens with zero attached hydrogens (tertiary/aromatic N) is 2. The van der Waals surface area contributed by atoms with E-state index in [1.165, 1.54) is 0 Å². The quantitative estimate of drug-likeness (QED) is 0.857. The Labute approximate surface area is 89.2 Å². The minimum Gasteiger partial charge on any atom is -0.390 e. The Hall–Kier alpha value is -1.20. The smallest absolute Gasteiger partial charge is 0.140 e. The van der Waals surface area contributed by atoms with E-state index >= 15 is 0 Å². The summed E-state index contributed by atoms with van der Waals surface area (Å²) in [5, 5.41) is 8.96. The van der Waals surface area contributed by atoms with E-state index in [0.717, 1.165) is 5.56 Å². The molecule has 0 fully saturated rings. The van der Waals surface area contributed by atoms with E-state index in [2.05, 4.69) is 30.9 Å². The third-order valence-electron chi connectivity index (χ3n) is 1.82. The maximum atomic E-state index is 8.96. The molecule has 0 aliphatic carbocycles. The van der Waals surface area contributed by atoms with Gasteiger partial charge in [0.15, 0.2) is 0 Å². The lowest BCUT2D eigenvalue weighted by molar-refractivity contribution is 0.276. The Morgan fingerprint density at radius 3 is 2.93 bits per heavy atom. The monoisotopic (exact) mass is 253 g/mol. The van der Waals surface area contributed by atoms with Crippen molar-refractivity contribution in [1.29, 1.82) is 0 Å². The fourth-order valence-electron chi connectivity index (χ4n) is 1.13. The number of hydrogen-bond acceptors (Lipinski definition) is 3. The molecule has 4 nitrogen and oxygen atoms in total. The number of aromatic amines is 1. The first-order valence-electron chi connectivity index (χ1n) is 4.07. The third kappa shape index (κ3) is 1.69. The zero-order valence-corrected chi connectivity index (χ0v) is 8.82. The second kappa shape index (κ2) is 3.89. The summed E-state index contributed by atoms with van der Waals surface area (Å²) in [4.78, 5) is 11.2. The van der Waals surface area contributed by atoms with Crippen LogP contribution in [-0.4, -0.2) is 20.1 Å². The van der Waals surface area contributed by atoms with E-state index in [1.54, 1.807) is 12.4 Å². The van der Waals surface area contributed by atoms with Crippen LogP contribution in [0.15, 0.2) is 29.1 Å². The molecule has 5 heteroatoms. The van der Waals surface area contributed by atoms with Gasteiger partial charge in [0, 0.05) is 18.0 Å². The van der Waals surface area contributed by atoms with Crippen molar-refractivity contribution in [2.75, 3.05) is 0 Å². The highest BCUT2D eigenvalue weighted by Gasteiger charge is 2.07. The molecule has 0 saturated carbocycles. The number of aliphatic hydroxyl groups excluding tert-OH is 1. The van der Waals surface area contributed by atoms with Gasteiger partial charge < -0.3 is 10.1 Å². The van der Waals surface area contributed by atoms with Gasteiger partial charge in [-0.1, -0.05) is 0 Å². The second-order valence-electron chi connectivity index (χ2n) is 2.75. The van der Waals surface area contributed by atoms with Crippen LogP contribution >= 0.6 is 15.9 Å². The van der Waals surface area contributed by atoms with Crippen LogP contribution in [0.25, 0.3) is 11.4 Å². The average molecular weight is 254 g/mol. The fraction of sp³-hybridized carbons (Fsp3) is 0.111. The third-order valence-corrected chi connectivity index (χ3v) is 2.48. The van der Waals surface area contributed by atoms with E-state index in [0.29, 0.717) is 16.1 Å². The molecule has 0 aromatic carbocycles. The van der Waals surface area contributed by atoms with Gasteiger partial charge in [-0.3, -0.25) is 4.98 Å². The first-order valence-corrected chi connectivity index (χ1v) is 4.86. The molecule has 0 radical (unpaired) electrons. The van der Waals surface area contributed by atoms with Crippen LogP contribution < -0.4 is 0 Å². The van der Waals surface area contributed by atoms with Crippen molar-refractivity contribution >= 4 is 15.9 Å². The van der Waals surface area contributed by atoms with Crippen LogP contribution in [-0.2, 0) is 6.61 Å². The van der Waals surface area contributed by atoms with Crippen LogP contribution in [0.3, 0.4) is 0 Å². The molecule has 0 saturated heterocycles. The van der Waals surface area contributed by atoms with Crippen LogP contribution in [0.5, 0.6) is 0 Å². The Morgan fingerprint density at radius 1 is 1.50 bits per heavy atom. The highest BCUT2D eigenvalue weighted by Crippen LogP contribution is 2.20. The van der Waals surface area contributed by atoms with Gasteiger partial charge in [-0.05, 0) is 28.1 Å². The van der Waals surface area contributed by atoms with E-state index < -0.39 is 0 Å². The zero-order valence-electron chi connectivity index (χ0n) is 7.24. The summed E-state index contributed by atoms with van der Waals surface area (Å²) < 4.78 is 0.638. The SMILES string of the molecule is OCc1[nH]c(-c2cccnc2)nc1Br. The molecule has 2 aromatic heterocycles. The number of pyridine rings is 1. The number of hydrogen-bond donors (Lipinski definition) is 2. The molecule has 0 aliphatic heterocycles. The topological polar surface area (TPSA) is 61.8 Å². The number of rotatable bonds is 2. The lowest BCUT2D eigenvalue weighted by Crippen LogP contribution is -1.84. The number of imidazole rings is 1. The molecule has 0 aliphatic rings. The van der Waals surface area contributed by atoms with Crippen molar-refractivity contribution in [3.63, 3.8) is 0 Å². The average Bonchev–Trinajstić information content (AvgIpc) is 2.61. The van der Waals surface area contributed by atoms with Gasteiger partial charge in [0.1, 0.15) is 10.4 Å². The van der Waals surface area contributed by atoms with Gasteiger partial charge in [-0.25, -0.2) is 4.98 Å². The van der Waals surface area contributed by atoms with Gasteiger partial charge in [0.05, 0.1) is 12.3 Å². The van der Waals surface area contributed by atoms with Crippen molar-refractivity contribution in [1.82, 2.24) is 15.0 Å². The summed E-state index contributed by atoms with van der Waals surface area (Å²) in [7, 11) is 0. The van der Waals surface area contributed by atoms with Gasteiger partial charge in [-0.15, -0.1) is 0 Å². The molecular weight excluding hydrogens is 246 g/mol. The van der Waals surface area contributed by atoms with Gasteiger partial charge in [-0.2, -0.15) is 0 Å². The van der Waals surface area contributed by atoms with Crippen LogP contribution in [0.4, 0.5) is 0 Å². The summed E-state index contributed by atoms with van der Waals surface area (Å²) in [5.74, 6) is 0.703. The largest absolute Gasteiger partial charge is 0.390 e. The van der Waals surface area contributed by atoms with Crippen LogP contribution in [0, 0.1) is 0 Å². The first-order chi connectivity index (χ1) is 6.81. The lowest BCUT2D eigenvalue weighted by Gasteiger charge is -1.93. The predicted molar refractivity (Wildman–Crippen MR) is 55.4 cm³/mol. The van der Waals surface area contributed by atoms with Gasteiger partial charge >= 0.3 is 0 Å². The molecule has 0 unspecified atom stereocenters. The number of nitrogens with one attached hydrogen (secondary N) is 1. The van der Waals surface area contributed by atoms with Crippen molar-refractivity contribution in [2.24, 2.45) is 0 Å². The molecule has 72 valence electrons. The van der Waals surface area contributed by atoms with E-state index in [-0.39, 0.29) is 6.61 Å². The van der Waals surface area contributed by atoms with Crippen molar-refractivity contribution in [2.45, 2.75) is 6.61 Å². The van der Waals surface area contributed by atoms with E-state index in [9.17, 15) is 0 Å². The van der Waals surface area contributed by atoms with Gasteiger partial charge in [0.25, 0.3) is 0 Å². The number of halogens is 1. The Balaban J connectivity index is 2.43. The summed E-state index contributed by atoms with van der Waals surface area (Å²) in [6, 6.07) is 3.74. The van der Waals surface area contributed by atoms with Crippen molar-refractivity contribution in [3.8, 4) is 11.4 Å². The lowest BCUT2D eigenvalue weighted by atomic mass is 10.3. The summed E-state index contributed by atoms with van der Waals surface area (Å²) in [6.45, 7) is -0.0617. The molecule has 14 heavy (non-hydrogen) atoms. The van der Waals surface area contributed by atoms with Crippen molar-refractivity contribution in [3.05, 3.63) is 34.8 Å². The summed E-state index contributed by atoms with van der Waals surface area (Å²) in [5.41, 5.74) is 1.57. The van der Waals surface area contributed by atoms with Crippen LogP contribution in [0.2, 0.25) is 0 Å².